The van der Waals surface area contributed by atoms with Crippen molar-refractivity contribution in [2.45, 2.75) is 32.4 Å². The Morgan fingerprint density at radius 1 is 1.61 bits per heavy atom. The van der Waals surface area contributed by atoms with Gasteiger partial charge in [-0.3, -0.25) is 0 Å². The lowest BCUT2D eigenvalue weighted by atomic mass is 10.1. The van der Waals surface area contributed by atoms with Crippen molar-refractivity contribution >= 4 is 5.82 Å². The zero-order chi connectivity index (χ0) is 13.0. The fraction of sp³-hybridized carbons (Fsp3) is 0.615. The number of pyridine rings is 1. The van der Waals surface area contributed by atoms with Gasteiger partial charge in [0.15, 0.2) is 11.6 Å². The average molecular weight is 253 g/mol. The minimum absolute atomic E-state index is 0.0307. The number of nitrogens with zero attached hydrogens (tertiary/aromatic N) is 1. The highest BCUT2D eigenvalue weighted by Gasteiger charge is 2.16. The fourth-order valence-electron chi connectivity index (χ4n) is 2.03. The van der Waals surface area contributed by atoms with Gasteiger partial charge in [0.05, 0.1) is 6.10 Å². The van der Waals surface area contributed by atoms with Gasteiger partial charge >= 0.3 is 0 Å². The summed E-state index contributed by atoms with van der Waals surface area (Å²) in [7, 11) is 1.64. The molecule has 1 aliphatic heterocycles. The van der Waals surface area contributed by atoms with Crippen molar-refractivity contribution in [3.05, 3.63) is 23.1 Å². The maximum absolute atomic E-state index is 14.3. The Bertz CT molecular complexity index is 411. The molecule has 0 bridgehead atoms. The molecule has 0 saturated carbocycles. The summed E-state index contributed by atoms with van der Waals surface area (Å²) in [5.74, 6) is 0.0894. The second kappa shape index (κ2) is 6.11. The molecule has 0 saturated heterocycles. The fourth-order valence-corrected chi connectivity index (χ4v) is 2.03. The van der Waals surface area contributed by atoms with Crippen molar-refractivity contribution in [1.29, 1.82) is 0 Å². The van der Waals surface area contributed by atoms with Crippen LogP contribution in [-0.4, -0.2) is 31.3 Å². The van der Waals surface area contributed by atoms with Crippen molar-refractivity contribution < 1.29 is 9.13 Å². The van der Waals surface area contributed by atoms with E-state index >= 15 is 0 Å². The summed E-state index contributed by atoms with van der Waals surface area (Å²) >= 11 is 0. The topological polar surface area (TPSA) is 46.2 Å². The molecular weight excluding hydrogens is 233 g/mol. The first-order valence-corrected chi connectivity index (χ1v) is 6.36. The molecule has 5 heteroatoms. The Morgan fingerprint density at radius 2 is 2.44 bits per heavy atom. The molecule has 2 N–H and O–H groups in total. The third kappa shape index (κ3) is 2.97. The number of fused-ring (bicyclic) bond motifs is 1. The highest BCUT2D eigenvalue weighted by molar-refractivity contribution is 5.43. The largest absolute Gasteiger partial charge is 0.380 e. The molecule has 0 amide bonds. The highest BCUT2D eigenvalue weighted by atomic mass is 19.1. The molecule has 0 aliphatic carbocycles. The maximum atomic E-state index is 14.3. The quantitative estimate of drug-likeness (QED) is 0.857. The van der Waals surface area contributed by atoms with Gasteiger partial charge in [0.25, 0.3) is 0 Å². The van der Waals surface area contributed by atoms with Crippen LogP contribution in [0.5, 0.6) is 0 Å². The normalized spacial score (nSPS) is 16.8. The van der Waals surface area contributed by atoms with E-state index in [0.29, 0.717) is 18.9 Å². The number of nitrogens with one attached hydrogen (secondary N) is 2. The van der Waals surface area contributed by atoms with Gasteiger partial charge in [0.2, 0.25) is 0 Å². The second-order valence-electron chi connectivity index (χ2n) is 4.63. The number of methoxy groups -OCH3 is 1. The predicted molar refractivity (Wildman–Crippen MR) is 69.2 cm³/mol. The van der Waals surface area contributed by atoms with E-state index in [-0.39, 0.29) is 11.9 Å². The van der Waals surface area contributed by atoms with Crippen molar-refractivity contribution in [2.75, 3.05) is 25.5 Å². The molecule has 0 fully saturated rings. The van der Waals surface area contributed by atoms with Crippen molar-refractivity contribution in [3.63, 3.8) is 0 Å². The first-order chi connectivity index (χ1) is 8.72. The van der Waals surface area contributed by atoms with Crippen LogP contribution in [0.4, 0.5) is 10.2 Å². The van der Waals surface area contributed by atoms with Crippen LogP contribution >= 0.6 is 0 Å². The van der Waals surface area contributed by atoms with Gasteiger partial charge in [-0.2, -0.15) is 0 Å². The summed E-state index contributed by atoms with van der Waals surface area (Å²) in [4.78, 5) is 4.17. The molecule has 2 rings (SSSR count). The summed E-state index contributed by atoms with van der Waals surface area (Å²) in [5.41, 5.74) is 1.76. The molecule has 0 aromatic carbocycles. The lowest BCUT2D eigenvalue weighted by Crippen LogP contribution is -2.20. The molecule has 4 nitrogen and oxygen atoms in total. The van der Waals surface area contributed by atoms with E-state index in [2.05, 4.69) is 15.6 Å². The monoisotopic (exact) mass is 253 g/mol. The van der Waals surface area contributed by atoms with Crippen LogP contribution in [0.1, 0.15) is 24.5 Å². The van der Waals surface area contributed by atoms with Gasteiger partial charge < -0.3 is 15.4 Å². The van der Waals surface area contributed by atoms with Gasteiger partial charge in [-0.05, 0) is 31.9 Å². The predicted octanol–water partition coefficient (Wildman–Crippen LogP) is 1.70. The van der Waals surface area contributed by atoms with Gasteiger partial charge in [-0.25, -0.2) is 9.37 Å². The Hall–Kier alpha value is -1.20. The van der Waals surface area contributed by atoms with E-state index in [9.17, 15) is 4.39 Å². The molecule has 0 spiro atoms. The molecule has 0 unspecified atom stereocenters. The smallest absolute Gasteiger partial charge is 0.170 e. The lowest BCUT2D eigenvalue weighted by Gasteiger charge is -2.14. The molecule has 100 valence electrons. The van der Waals surface area contributed by atoms with Crippen LogP contribution in [0.3, 0.4) is 0 Å². The number of hydrogen-bond acceptors (Lipinski definition) is 4. The standard InChI is InChI=1S/C13H20FN3O/c1-9(18-2)6-16-13-12(14)11-8-15-5-3-4-10(11)7-17-13/h7,9,15H,3-6,8H2,1-2H3,(H,16,17)/t9-/m0/s1. The van der Waals surface area contributed by atoms with Crippen molar-refractivity contribution in [1.82, 2.24) is 10.3 Å². The number of rotatable bonds is 4. The third-order valence-electron chi connectivity index (χ3n) is 3.27. The van der Waals surface area contributed by atoms with E-state index in [1.54, 1.807) is 13.3 Å². The van der Waals surface area contributed by atoms with Crippen LogP contribution in [0.2, 0.25) is 0 Å². The first-order valence-electron chi connectivity index (χ1n) is 6.36. The molecule has 0 radical (unpaired) electrons. The van der Waals surface area contributed by atoms with Crippen molar-refractivity contribution in [2.24, 2.45) is 0 Å². The van der Waals surface area contributed by atoms with Crippen LogP contribution in [0.15, 0.2) is 6.20 Å². The summed E-state index contributed by atoms with van der Waals surface area (Å²) in [6.45, 7) is 3.98. The van der Waals surface area contributed by atoms with Crippen LogP contribution < -0.4 is 10.6 Å². The number of ether oxygens (including phenoxy) is 1. The summed E-state index contributed by atoms with van der Waals surface area (Å²) < 4.78 is 19.4. The second-order valence-corrected chi connectivity index (χ2v) is 4.63. The third-order valence-corrected chi connectivity index (χ3v) is 3.27. The number of halogens is 1. The summed E-state index contributed by atoms with van der Waals surface area (Å²) in [6, 6.07) is 0. The maximum Gasteiger partial charge on any atom is 0.170 e. The summed E-state index contributed by atoms with van der Waals surface area (Å²) in [6.07, 6.45) is 3.73. The van der Waals surface area contributed by atoms with Gasteiger partial charge in [-0.1, -0.05) is 0 Å². The molecule has 2 heterocycles. The lowest BCUT2D eigenvalue weighted by molar-refractivity contribution is 0.128. The Morgan fingerprint density at radius 3 is 3.22 bits per heavy atom. The van der Waals surface area contributed by atoms with Gasteiger partial charge in [0.1, 0.15) is 0 Å². The average Bonchev–Trinajstić information content (AvgIpc) is 2.63. The Labute approximate surface area is 107 Å². The van der Waals surface area contributed by atoms with E-state index in [1.807, 2.05) is 6.92 Å². The molecule has 1 atom stereocenters. The van der Waals surface area contributed by atoms with E-state index < -0.39 is 0 Å². The van der Waals surface area contributed by atoms with Crippen LogP contribution in [0, 0.1) is 5.82 Å². The molecule has 1 aliphatic rings. The van der Waals surface area contributed by atoms with E-state index in [0.717, 1.165) is 30.5 Å². The van der Waals surface area contributed by atoms with E-state index in [1.165, 1.54) is 0 Å². The molecule has 18 heavy (non-hydrogen) atoms. The Kier molecular flexibility index (Phi) is 4.49. The molecular formula is C13H20FN3O. The zero-order valence-corrected chi connectivity index (χ0v) is 10.9. The van der Waals surface area contributed by atoms with Crippen molar-refractivity contribution in [3.8, 4) is 0 Å². The van der Waals surface area contributed by atoms with Gasteiger partial charge in [0, 0.05) is 32.0 Å². The molecule has 1 aromatic heterocycles. The number of aryl methyl sites for hydroxylation is 1. The zero-order valence-electron chi connectivity index (χ0n) is 10.9. The van der Waals surface area contributed by atoms with Gasteiger partial charge in [-0.15, -0.1) is 0 Å². The van der Waals surface area contributed by atoms with Crippen LogP contribution in [-0.2, 0) is 17.7 Å². The number of aromatic nitrogens is 1. The first kappa shape index (κ1) is 13.2. The number of hydrogen-bond donors (Lipinski definition) is 2. The minimum Gasteiger partial charge on any atom is -0.380 e. The minimum atomic E-state index is -0.231. The SMILES string of the molecule is CO[C@@H](C)CNc1ncc2c(c1F)CNCCC2. The Balaban J connectivity index is 2.15. The highest BCUT2D eigenvalue weighted by Crippen LogP contribution is 2.22. The van der Waals surface area contributed by atoms with Crippen LogP contribution in [0.25, 0.3) is 0 Å². The van der Waals surface area contributed by atoms with E-state index in [4.69, 9.17) is 4.74 Å². The molecule has 1 aromatic rings. The summed E-state index contributed by atoms with van der Waals surface area (Å²) in [5, 5.41) is 6.22. The number of anilines is 1.